The summed E-state index contributed by atoms with van der Waals surface area (Å²) in [5, 5.41) is 20.6. The minimum absolute atomic E-state index is 0.176. The van der Waals surface area contributed by atoms with E-state index < -0.39 is 17.5 Å². The molecule has 1 fully saturated rings. The number of methoxy groups -OCH3 is 1. The van der Waals surface area contributed by atoms with Crippen molar-refractivity contribution in [2.75, 3.05) is 20.2 Å². The molecule has 2 aromatic carbocycles. The number of aliphatic carboxylic acids is 1. The zero-order valence-electron chi connectivity index (χ0n) is 15.3. The maximum atomic E-state index is 14.1. The van der Waals surface area contributed by atoms with Crippen molar-refractivity contribution in [3.05, 3.63) is 65.5 Å². The molecule has 1 aliphatic heterocycles. The topological polar surface area (TPSA) is 70.0 Å². The molecule has 6 heteroatoms. The van der Waals surface area contributed by atoms with Crippen LogP contribution in [0.1, 0.15) is 17.5 Å². The summed E-state index contributed by atoms with van der Waals surface area (Å²) in [5.74, 6) is -0.774. The quantitative estimate of drug-likeness (QED) is 0.815. The summed E-state index contributed by atoms with van der Waals surface area (Å²) >= 11 is 0. The number of aliphatic hydroxyl groups excluding tert-OH is 1. The minimum Gasteiger partial charge on any atom is -0.497 e. The average molecular weight is 373 g/mol. The second-order valence-electron chi connectivity index (χ2n) is 7.08. The van der Waals surface area contributed by atoms with Gasteiger partial charge in [0.2, 0.25) is 0 Å². The number of nitrogens with zero attached hydrogens (tertiary/aromatic N) is 1. The molecule has 0 bridgehead atoms. The van der Waals surface area contributed by atoms with Crippen LogP contribution in [0.15, 0.2) is 48.5 Å². The Morgan fingerprint density at radius 2 is 2.04 bits per heavy atom. The summed E-state index contributed by atoms with van der Waals surface area (Å²) in [6, 6.07) is 13.9. The minimum atomic E-state index is -1.23. The fourth-order valence-electron chi connectivity index (χ4n) is 3.71. The van der Waals surface area contributed by atoms with Crippen molar-refractivity contribution in [1.82, 2.24) is 4.90 Å². The van der Waals surface area contributed by atoms with Gasteiger partial charge >= 0.3 is 5.97 Å². The highest BCUT2D eigenvalue weighted by molar-refractivity contribution is 5.76. The van der Waals surface area contributed by atoms with Gasteiger partial charge in [0, 0.05) is 18.7 Å². The zero-order chi connectivity index (χ0) is 19.4. The van der Waals surface area contributed by atoms with Gasteiger partial charge in [0.15, 0.2) is 0 Å². The molecule has 2 aromatic rings. The van der Waals surface area contributed by atoms with Crippen LogP contribution in [0.4, 0.5) is 4.39 Å². The largest absolute Gasteiger partial charge is 0.497 e. The highest BCUT2D eigenvalue weighted by Gasteiger charge is 2.48. The van der Waals surface area contributed by atoms with E-state index in [0.29, 0.717) is 30.8 Å². The Kier molecular flexibility index (Phi) is 5.77. The lowest BCUT2D eigenvalue weighted by Gasteiger charge is -2.43. The number of carbonyl (C=O) groups is 1. The fourth-order valence-corrected chi connectivity index (χ4v) is 3.71. The Bertz CT molecular complexity index is 798. The van der Waals surface area contributed by atoms with E-state index in [9.17, 15) is 19.4 Å². The van der Waals surface area contributed by atoms with Crippen molar-refractivity contribution in [1.29, 1.82) is 0 Å². The van der Waals surface area contributed by atoms with E-state index in [1.165, 1.54) is 13.2 Å². The number of rotatable bonds is 6. The molecule has 0 radical (unpaired) electrons. The van der Waals surface area contributed by atoms with E-state index in [2.05, 4.69) is 0 Å². The third-order valence-electron chi connectivity index (χ3n) is 5.38. The van der Waals surface area contributed by atoms with Crippen molar-refractivity contribution in [2.24, 2.45) is 5.41 Å². The van der Waals surface area contributed by atoms with Gasteiger partial charge in [-0.05, 0) is 43.1 Å². The summed E-state index contributed by atoms with van der Waals surface area (Å²) in [6.45, 7) is 0.934. The first-order valence-corrected chi connectivity index (χ1v) is 8.95. The number of piperidine rings is 1. The average Bonchev–Trinajstić information content (AvgIpc) is 2.66. The Hall–Kier alpha value is -2.44. The summed E-state index contributed by atoms with van der Waals surface area (Å²) in [4.78, 5) is 13.9. The lowest BCUT2D eigenvalue weighted by Crippen LogP contribution is -2.55. The van der Waals surface area contributed by atoms with Crippen LogP contribution in [-0.2, 0) is 17.8 Å². The molecule has 0 saturated carbocycles. The lowest BCUT2D eigenvalue weighted by molar-refractivity contribution is -0.163. The predicted octanol–water partition coefficient (Wildman–Crippen LogP) is 2.71. The van der Waals surface area contributed by atoms with E-state index in [1.807, 2.05) is 35.2 Å². The van der Waals surface area contributed by atoms with Gasteiger partial charge in [-0.3, -0.25) is 9.69 Å². The highest BCUT2D eigenvalue weighted by Crippen LogP contribution is 2.36. The maximum absolute atomic E-state index is 14.1. The molecule has 1 saturated heterocycles. The highest BCUT2D eigenvalue weighted by atomic mass is 19.1. The molecule has 3 rings (SSSR count). The zero-order valence-corrected chi connectivity index (χ0v) is 15.3. The molecule has 0 aliphatic carbocycles. The van der Waals surface area contributed by atoms with Crippen LogP contribution >= 0.6 is 0 Å². The summed E-state index contributed by atoms with van der Waals surface area (Å²) in [6.07, 6.45) is -0.479. The molecule has 0 aromatic heterocycles. The van der Waals surface area contributed by atoms with E-state index >= 15 is 0 Å². The SMILES string of the molecule is COc1ccc(F)c(CN2CC[C@](Cc3ccccc3)(C(=O)O)[C@H](O)C2)c1. The molecule has 144 valence electrons. The number of benzene rings is 2. The molecule has 2 atom stereocenters. The van der Waals surface area contributed by atoms with Crippen molar-refractivity contribution < 1.29 is 24.1 Å². The van der Waals surface area contributed by atoms with Crippen LogP contribution in [0.3, 0.4) is 0 Å². The number of hydrogen-bond donors (Lipinski definition) is 2. The predicted molar refractivity (Wildman–Crippen MR) is 99.1 cm³/mol. The standard InChI is InChI=1S/C21H24FNO4/c1-27-17-7-8-18(22)16(11-17)13-23-10-9-21(20(25)26,19(24)14-23)12-15-5-3-2-4-6-15/h2-8,11,19,24H,9-10,12-14H2,1H3,(H,25,26)/t19-,21-/m1/s1. The number of ether oxygens (including phenoxy) is 1. The van der Waals surface area contributed by atoms with Gasteiger partial charge in [0.05, 0.1) is 13.2 Å². The second kappa shape index (κ2) is 8.06. The van der Waals surface area contributed by atoms with E-state index in [0.717, 1.165) is 5.56 Å². The summed E-state index contributed by atoms with van der Waals surface area (Å²) in [7, 11) is 1.52. The molecule has 1 aliphatic rings. The number of β-amino-alcohol motifs (C(OH)–C–C–N with tert-alkyl or cyclic N) is 1. The lowest BCUT2D eigenvalue weighted by atomic mass is 9.71. The molecular weight excluding hydrogens is 349 g/mol. The van der Waals surface area contributed by atoms with Gasteiger partial charge in [-0.15, -0.1) is 0 Å². The van der Waals surface area contributed by atoms with Gasteiger partial charge in [0.1, 0.15) is 17.0 Å². The van der Waals surface area contributed by atoms with Gasteiger partial charge in [0.25, 0.3) is 0 Å². The van der Waals surface area contributed by atoms with E-state index in [-0.39, 0.29) is 18.8 Å². The van der Waals surface area contributed by atoms with Gasteiger partial charge < -0.3 is 14.9 Å². The Morgan fingerprint density at radius 1 is 1.30 bits per heavy atom. The third-order valence-corrected chi connectivity index (χ3v) is 5.38. The van der Waals surface area contributed by atoms with Crippen LogP contribution in [0.25, 0.3) is 0 Å². The molecule has 1 heterocycles. The molecule has 0 spiro atoms. The number of hydrogen-bond acceptors (Lipinski definition) is 4. The maximum Gasteiger partial charge on any atom is 0.312 e. The van der Waals surface area contributed by atoms with E-state index in [1.54, 1.807) is 12.1 Å². The van der Waals surface area contributed by atoms with Crippen LogP contribution in [0.2, 0.25) is 0 Å². The fraction of sp³-hybridized carbons (Fsp3) is 0.381. The molecular formula is C21H24FNO4. The number of carboxylic acids is 1. The third kappa shape index (κ3) is 4.12. The van der Waals surface area contributed by atoms with Crippen molar-refractivity contribution in [2.45, 2.75) is 25.5 Å². The smallest absolute Gasteiger partial charge is 0.312 e. The first-order valence-electron chi connectivity index (χ1n) is 8.95. The number of halogens is 1. The van der Waals surface area contributed by atoms with Crippen LogP contribution in [0.5, 0.6) is 5.75 Å². The van der Waals surface area contributed by atoms with Gasteiger partial charge in [-0.2, -0.15) is 0 Å². The van der Waals surface area contributed by atoms with Gasteiger partial charge in [-0.25, -0.2) is 4.39 Å². The normalized spacial score (nSPS) is 23.1. The number of aliphatic hydroxyl groups is 1. The van der Waals surface area contributed by atoms with Crippen LogP contribution in [0, 0.1) is 11.2 Å². The van der Waals surface area contributed by atoms with Gasteiger partial charge in [-0.1, -0.05) is 30.3 Å². The number of carboxylic acid groups (broad SMARTS) is 1. The second-order valence-corrected chi connectivity index (χ2v) is 7.08. The van der Waals surface area contributed by atoms with Crippen molar-refractivity contribution in [3.8, 4) is 5.75 Å². The molecule has 27 heavy (non-hydrogen) atoms. The summed E-state index contributed by atoms with van der Waals surface area (Å²) in [5.41, 5.74) is 0.115. The Labute approximate surface area is 158 Å². The molecule has 0 amide bonds. The molecule has 5 nitrogen and oxygen atoms in total. The van der Waals surface area contributed by atoms with E-state index in [4.69, 9.17) is 4.74 Å². The molecule has 2 N–H and O–H groups in total. The van der Waals surface area contributed by atoms with Crippen molar-refractivity contribution in [3.63, 3.8) is 0 Å². The van der Waals surface area contributed by atoms with Crippen LogP contribution in [-0.4, -0.2) is 47.4 Å². The summed E-state index contributed by atoms with van der Waals surface area (Å²) < 4.78 is 19.2. The first-order chi connectivity index (χ1) is 12.9. The van der Waals surface area contributed by atoms with Crippen LogP contribution < -0.4 is 4.74 Å². The molecule has 0 unspecified atom stereocenters. The monoisotopic (exact) mass is 373 g/mol. The number of likely N-dealkylation sites (tertiary alicyclic amines) is 1. The van der Waals surface area contributed by atoms with Crippen molar-refractivity contribution >= 4 is 5.97 Å². The first kappa shape index (κ1) is 19.3. The Balaban J connectivity index is 1.74. The Morgan fingerprint density at radius 3 is 2.67 bits per heavy atom.